The summed E-state index contributed by atoms with van der Waals surface area (Å²) < 4.78 is 0. The fourth-order valence-electron chi connectivity index (χ4n) is 3.32. The zero-order chi connectivity index (χ0) is 18.9. The molecule has 0 saturated carbocycles. The molecule has 0 spiro atoms. The molecule has 3 rings (SSSR count). The molecule has 0 radical (unpaired) electrons. The average Bonchev–Trinajstić information content (AvgIpc) is 3.15. The number of nitrogens with two attached hydrogens (primary N) is 1. The minimum absolute atomic E-state index is 0.793. The molecule has 1 heterocycles. The summed E-state index contributed by atoms with van der Waals surface area (Å²) in [6, 6.07) is 21.0. The Morgan fingerprint density at radius 2 is 1.48 bits per heavy atom. The zero-order valence-corrected chi connectivity index (χ0v) is 17.0. The molecule has 0 amide bonds. The molecule has 142 valence electrons. The minimum Gasteiger partial charge on any atom is -0.399 e. The van der Waals surface area contributed by atoms with Crippen LogP contribution in [0.5, 0.6) is 0 Å². The topological polar surface area (TPSA) is 29.3 Å². The first kappa shape index (κ1) is 19.5. The summed E-state index contributed by atoms with van der Waals surface area (Å²) in [5.41, 5.74) is 10.4. The highest BCUT2D eigenvalue weighted by atomic mass is 32.1. The van der Waals surface area contributed by atoms with Crippen molar-refractivity contribution in [3.63, 3.8) is 0 Å². The normalized spacial score (nSPS) is 10.9. The SMILES string of the molecule is CCCCCCCCc1csc(N(c2ccccc2)c2ccc(N)cc2)c1. The van der Waals surface area contributed by atoms with Crippen LogP contribution in [-0.2, 0) is 6.42 Å². The Labute approximate surface area is 167 Å². The lowest BCUT2D eigenvalue weighted by atomic mass is 10.1. The van der Waals surface area contributed by atoms with Crippen molar-refractivity contribution in [1.82, 2.24) is 0 Å². The van der Waals surface area contributed by atoms with Crippen molar-refractivity contribution < 1.29 is 0 Å². The Morgan fingerprint density at radius 1 is 0.815 bits per heavy atom. The van der Waals surface area contributed by atoms with Gasteiger partial charge in [0, 0.05) is 17.1 Å². The van der Waals surface area contributed by atoms with Gasteiger partial charge in [-0.05, 0) is 66.2 Å². The lowest BCUT2D eigenvalue weighted by Crippen LogP contribution is -2.08. The summed E-state index contributed by atoms with van der Waals surface area (Å²) in [5, 5.41) is 3.57. The van der Waals surface area contributed by atoms with Gasteiger partial charge < -0.3 is 10.6 Å². The van der Waals surface area contributed by atoms with Gasteiger partial charge in [-0.1, -0.05) is 57.2 Å². The molecule has 0 aliphatic heterocycles. The van der Waals surface area contributed by atoms with E-state index in [0.29, 0.717) is 0 Å². The molecule has 27 heavy (non-hydrogen) atoms. The molecule has 0 unspecified atom stereocenters. The van der Waals surface area contributed by atoms with Crippen LogP contribution in [0.3, 0.4) is 0 Å². The van der Waals surface area contributed by atoms with Crippen molar-refractivity contribution in [2.45, 2.75) is 51.9 Å². The Kier molecular flexibility index (Phi) is 7.35. The molecule has 0 aliphatic rings. The number of hydrogen-bond donors (Lipinski definition) is 1. The van der Waals surface area contributed by atoms with Crippen LogP contribution >= 0.6 is 11.3 Å². The highest BCUT2D eigenvalue weighted by molar-refractivity contribution is 7.14. The summed E-state index contributed by atoms with van der Waals surface area (Å²) in [6.07, 6.45) is 9.23. The molecule has 1 aromatic heterocycles. The zero-order valence-electron chi connectivity index (χ0n) is 16.2. The second-order valence-electron chi connectivity index (χ2n) is 7.07. The molecular weight excluding hydrogens is 348 g/mol. The van der Waals surface area contributed by atoms with Gasteiger partial charge in [-0.15, -0.1) is 11.3 Å². The van der Waals surface area contributed by atoms with E-state index in [9.17, 15) is 0 Å². The van der Waals surface area contributed by atoms with Gasteiger partial charge in [-0.25, -0.2) is 0 Å². The predicted molar refractivity (Wildman–Crippen MR) is 120 cm³/mol. The van der Waals surface area contributed by atoms with E-state index in [4.69, 9.17) is 5.73 Å². The first-order chi connectivity index (χ1) is 13.3. The summed E-state index contributed by atoms with van der Waals surface area (Å²) in [7, 11) is 0. The van der Waals surface area contributed by atoms with E-state index in [0.717, 1.165) is 11.4 Å². The van der Waals surface area contributed by atoms with Gasteiger partial charge in [0.15, 0.2) is 0 Å². The average molecular weight is 379 g/mol. The number of anilines is 4. The Hall–Kier alpha value is -2.26. The number of nitrogens with zero attached hydrogens (tertiary/aromatic N) is 1. The number of hydrogen-bond acceptors (Lipinski definition) is 3. The highest BCUT2D eigenvalue weighted by Crippen LogP contribution is 2.38. The van der Waals surface area contributed by atoms with Gasteiger partial charge in [0.2, 0.25) is 0 Å². The van der Waals surface area contributed by atoms with Crippen LogP contribution in [0, 0.1) is 0 Å². The molecule has 0 bridgehead atoms. The van der Waals surface area contributed by atoms with Crippen molar-refractivity contribution in [1.29, 1.82) is 0 Å². The third-order valence-corrected chi connectivity index (χ3v) is 5.81. The fraction of sp³-hybridized carbons (Fsp3) is 0.333. The van der Waals surface area contributed by atoms with E-state index in [-0.39, 0.29) is 0 Å². The van der Waals surface area contributed by atoms with Gasteiger partial charge in [0.1, 0.15) is 5.00 Å². The van der Waals surface area contributed by atoms with E-state index < -0.39 is 0 Å². The maximum Gasteiger partial charge on any atom is 0.100 e. The van der Waals surface area contributed by atoms with E-state index in [2.05, 4.69) is 65.7 Å². The first-order valence-electron chi connectivity index (χ1n) is 10.1. The number of rotatable bonds is 10. The van der Waals surface area contributed by atoms with Crippen LogP contribution in [0.1, 0.15) is 51.0 Å². The lowest BCUT2D eigenvalue weighted by molar-refractivity contribution is 0.608. The van der Waals surface area contributed by atoms with Gasteiger partial charge in [0.25, 0.3) is 0 Å². The van der Waals surface area contributed by atoms with E-state index in [1.54, 1.807) is 0 Å². The van der Waals surface area contributed by atoms with Gasteiger partial charge in [0.05, 0.1) is 0 Å². The number of unbranched alkanes of at least 4 members (excludes halogenated alkanes) is 5. The van der Waals surface area contributed by atoms with Crippen LogP contribution in [0.15, 0.2) is 66.0 Å². The molecule has 2 aromatic carbocycles. The lowest BCUT2D eigenvalue weighted by Gasteiger charge is -2.23. The van der Waals surface area contributed by atoms with Crippen molar-refractivity contribution in [2.75, 3.05) is 10.6 Å². The highest BCUT2D eigenvalue weighted by Gasteiger charge is 2.14. The Morgan fingerprint density at radius 3 is 2.22 bits per heavy atom. The summed E-state index contributed by atoms with van der Waals surface area (Å²) in [6.45, 7) is 2.27. The predicted octanol–water partition coefficient (Wildman–Crippen LogP) is 7.70. The quantitative estimate of drug-likeness (QED) is 0.289. The Bertz CT molecular complexity index is 793. The third kappa shape index (κ3) is 5.61. The molecule has 0 atom stereocenters. The standard InChI is InChI=1S/C24H30N2S/c1-2-3-4-5-6-8-11-20-18-24(27-19-20)26(22-12-9-7-10-13-22)23-16-14-21(25)15-17-23/h7,9-10,12-19H,2-6,8,11,25H2,1H3. The van der Waals surface area contributed by atoms with Gasteiger partial charge >= 0.3 is 0 Å². The third-order valence-electron chi connectivity index (χ3n) is 4.84. The second kappa shape index (κ2) is 10.2. The number of aryl methyl sites for hydroxylation is 1. The van der Waals surface area contributed by atoms with Gasteiger partial charge in [-0.2, -0.15) is 0 Å². The van der Waals surface area contributed by atoms with Crippen molar-refractivity contribution in [3.8, 4) is 0 Å². The number of nitrogen functional groups attached to an aromatic ring is 1. The largest absolute Gasteiger partial charge is 0.399 e. The molecule has 2 nitrogen and oxygen atoms in total. The van der Waals surface area contributed by atoms with Crippen molar-refractivity contribution in [3.05, 3.63) is 71.6 Å². The maximum absolute atomic E-state index is 5.89. The van der Waals surface area contributed by atoms with Crippen LogP contribution in [-0.4, -0.2) is 0 Å². The minimum atomic E-state index is 0.793. The Balaban J connectivity index is 1.72. The smallest absolute Gasteiger partial charge is 0.100 e. The summed E-state index contributed by atoms with van der Waals surface area (Å²) in [5.74, 6) is 0. The van der Waals surface area contributed by atoms with Gasteiger partial charge in [-0.3, -0.25) is 0 Å². The van der Waals surface area contributed by atoms with Crippen LogP contribution in [0.25, 0.3) is 0 Å². The fourth-order valence-corrected chi connectivity index (χ4v) is 4.32. The summed E-state index contributed by atoms with van der Waals surface area (Å²) >= 11 is 1.82. The molecule has 3 aromatic rings. The molecule has 3 heteroatoms. The van der Waals surface area contributed by atoms with Crippen LogP contribution in [0.4, 0.5) is 22.1 Å². The van der Waals surface area contributed by atoms with Crippen molar-refractivity contribution in [2.24, 2.45) is 0 Å². The summed E-state index contributed by atoms with van der Waals surface area (Å²) in [4.78, 5) is 2.31. The molecule has 0 fully saturated rings. The maximum atomic E-state index is 5.89. The molecule has 0 aliphatic carbocycles. The molecule has 0 saturated heterocycles. The second-order valence-corrected chi connectivity index (χ2v) is 7.96. The van der Waals surface area contributed by atoms with E-state index in [1.807, 2.05) is 23.5 Å². The van der Waals surface area contributed by atoms with Crippen LogP contribution in [0.2, 0.25) is 0 Å². The number of thiophene rings is 1. The van der Waals surface area contributed by atoms with E-state index >= 15 is 0 Å². The first-order valence-corrected chi connectivity index (χ1v) is 10.9. The van der Waals surface area contributed by atoms with Crippen molar-refractivity contribution >= 4 is 33.4 Å². The van der Waals surface area contributed by atoms with Crippen LogP contribution < -0.4 is 10.6 Å². The number of benzene rings is 2. The van der Waals surface area contributed by atoms with E-state index in [1.165, 1.54) is 61.2 Å². The molecule has 2 N–H and O–H groups in total. The monoisotopic (exact) mass is 378 g/mol. The molecular formula is C24H30N2S. The number of para-hydroxylation sites is 1.